The Morgan fingerprint density at radius 3 is 2.26 bits per heavy atom. The summed E-state index contributed by atoms with van der Waals surface area (Å²) in [5.41, 5.74) is 2.06. The first-order valence-corrected chi connectivity index (χ1v) is 12.2. The monoisotopic (exact) mass is 444 g/mol. The van der Waals surface area contributed by atoms with Crippen molar-refractivity contribution in [3.8, 4) is 0 Å². The maximum atomic E-state index is 12.4. The number of nitrogens with zero attached hydrogens (tertiary/aromatic N) is 2. The molecule has 0 saturated carbocycles. The SMILES string of the molecule is CC(C)NS(=O)(=O)c1cccc(CNC(=O)CN2CCN(Cc3ccccc3)CC2)c1. The van der Waals surface area contributed by atoms with Crippen LogP contribution in [0.4, 0.5) is 0 Å². The summed E-state index contributed by atoms with van der Waals surface area (Å²) in [5.74, 6) is -0.0509. The summed E-state index contributed by atoms with van der Waals surface area (Å²) >= 11 is 0. The number of hydrogen-bond donors (Lipinski definition) is 2. The van der Waals surface area contributed by atoms with Gasteiger partial charge in [0.25, 0.3) is 0 Å². The van der Waals surface area contributed by atoms with Crippen molar-refractivity contribution in [1.29, 1.82) is 0 Å². The van der Waals surface area contributed by atoms with Gasteiger partial charge in [0.05, 0.1) is 11.4 Å². The Balaban J connectivity index is 1.43. The van der Waals surface area contributed by atoms with Crippen molar-refractivity contribution in [2.75, 3.05) is 32.7 Å². The Kier molecular flexibility index (Phi) is 8.20. The minimum Gasteiger partial charge on any atom is -0.351 e. The van der Waals surface area contributed by atoms with Crippen LogP contribution in [0.3, 0.4) is 0 Å². The number of amides is 1. The second-order valence-electron chi connectivity index (χ2n) is 8.24. The first-order chi connectivity index (χ1) is 14.8. The molecule has 0 radical (unpaired) electrons. The fraction of sp³-hybridized carbons (Fsp3) is 0.435. The fourth-order valence-electron chi connectivity index (χ4n) is 3.61. The Hall–Kier alpha value is -2.26. The molecule has 1 heterocycles. The van der Waals surface area contributed by atoms with Gasteiger partial charge in [0, 0.05) is 45.3 Å². The first-order valence-electron chi connectivity index (χ1n) is 10.7. The maximum absolute atomic E-state index is 12.4. The van der Waals surface area contributed by atoms with Gasteiger partial charge in [0.1, 0.15) is 0 Å². The van der Waals surface area contributed by atoms with Gasteiger partial charge >= 0.3 is 0 Å². The summed E-state index contributed by atoms with van der Waals surface area (Å²) in [6.07, 6.45) is 0. The highest BCUT2D eigenvalue weighted by Crippen LogP contribution is 2.12. The number of benzene rings is 2. The molecule has 0 aromatic heterocycles. The summed E-state index contributed by atoms with van der Waals surface area (Å²) in [6.45, 7) is 8.74. The zero-order valence-electron chi connectivity index (χ0n) is 18.3. The van der Waals surface area contributed by atoms with Crippen LogP contribution in [-0.2, 0) is 27.9 Å². The molecule has 1 fully saturated rings. The molecule has 0 aliphatic carbocycles. The summed E-state index contributed by atoms with van der Waals surface area (Å²) in [4.78, 5) is 17.2. The molecule has 8 heteroatoms. The van der Waals surface area contributed by atoms with Crippen LogP contribution >= 0.6 is 0 Å². The van der Waals surface area contributed by atoms with Gasteiger partial charge in [-0.3, -0.25) is 14.6 Å². The van der Waals surface area contributed by atoms with Crippen molar-refractivity contribution in [2.24, 2.45) is 0 Å². The van der Waals surface area contributed by atoms with Crippen molar-refractivity contribution in [3.63, 3.8) is 0 Å². The molecule has 1 aliphatic heterocycles. The molecule has 0 atom stereocenters. The lowest BCUT2D eigenvalue weighted by Crippen LogP contribution is -2.49. The van der Waals surface area contributed by atoms with E-state index in [2.05, 4.69) is 44.1 Å². The topological polar surface area (TPSA) is 81.8 Å². The van der Waals surface area contributed by atoms with E-state index in [0.29, 0.717) is 13.1 Å². The average molecular weight is 445 g/mol. The molecular formula is C23H32N4O3S. The zero-order chi connectivity index (χ0) is 22.3. The van der Waals surface area contributed by atoms with Gasteiger partial charge in [-0.05, 0) is 37.1 Å². The lowest BCUT2D eigenvalue weighted by Gasteiger charge is -2.34. The van der Waals surface area contributed by atoms with E-state index in [-0.39, 0.29) is 16.8 Å². The van der Waals surface area contributed by atoms with E-state index in [0.717, 1.165) is 38.3 Å². The lowest BCUT2D eigenvalue weighted by molar-refractivity contribution is -0.122. The molecule has 2 aromatic carbocycles. The number of sulfonamides is 1. The van der Waals surface area contributed by atoms with Crippen LogP contribution in [-0.4, -0.2) is 62.9 Å². The quantitative estimate of drug-likeness (QED) is 0.617. The summed E-state index contributed by atoms with van der Waals surface area (Å²) in [7, 11) is -3.55. The molecule has 2 aromatic rings. The Morgan fingerprint density at radius 1 is 0.935 bits per heavy atom. The highest BCUT2D eigenvalue weighted by molar-refractivity contribution is 7.89. The van der Waals surface area contributed by atoms with Crippen molar-refractivity contribution in [2.45, 2.75) is 37.9 Å². The number of carbonyl (C=O) groups is 1. The van der Waals surface area contributed by atoms with Crippen LogP contribution in [0.5, 0.6) is 0 Å². The van der Waals surface area contributed by atoms with Crippen molar-refractivity contribution < 1.29 is 13.2 Å². The van der Waals surface area contributed by atoms with Crippen molar-refractivity contribution in [1.82, 2.24) is 19.8 Å². The average Bonchev–Trinajstić information content (AvgIpc) is 2.74. The molecule has 1 saturated heterocycles. The molecule has 168 valence electrons. The van der Waals surface area contributed by atoms with E-state index < -0.39 is 10.0 Å². The van der Waals surface area contributed by atoms with Gasteiger partial charge in [0.15, 0.2) is 0 Å². The van der Waals surface area contributed by atoms with Crippen LogP contribution < -0.4 is 10.0 Å². The normalized spacial score (nSPS) is 15.8. The largest absolute Gasteiger partial charge is 0.351 e. The van der Waals surface area contributed by atoms with E-state index in [1.54, 1.807) is 32.0 Å². The lowest BCUT2D eigenvalue weighted by atomic mass is 10.2. The van der Waals surface area contributed by atoms with Gasteiger partial charge in [-0.25, -0.2) is 13.1 Å². The molecule has 0 unspecified atom stereocenters. The highest BCUT2D eigenvalue weighted by Gasteiger charge is 2.19. The van der Waals surface area contributed by atoms with E-state index in [4.69, 9.17) is 0 Å². The highest BCUT2D eigenvalue weighted by atomic mass is 32.2. The molecule has 0 bridgehead atoms. The second-order valence-corrected chi connectivity index (χ2v) is 9.95. The molecule has 31 heavy (non-hydrogen) atoms. The van der Waals surface area contributed by atoms with Crippen LogP contribution in [0.1, 0.15) is 25.0 Å². The Bertz CT molecular complexity index is 956. The molecule has 7 nitrogen and oxygen atoms in total. The summed E-state index contributed by atoms with van der Waals surface area (Å²) in [6, 6.07) is 16.9. The number of piperazine rings is 1. The smallest absolute Gasteiger partial charge is 0.240 e. The molecule has 3 rings (SSSR count). The summed E-state index contributed by atoms with van der Waals surface area (Å²) in [5, 5.41) is 2.91. The third kappa shape index (κ3) is 7.43. The van der Waals surface area contributed by atoms with Gasteiger partial charge in [-0.15, -0.1) is 0 Å². The van der Waals surface area contributed by atoms with Crippen LogP contribution in [0, 0.1) is 0 Å². The minimum absolute atomic E-state index is 0.0509. The fourth-order valence-corrected chi connectivity index (χ4v) is 4.93. The second kappa shape index (κ2) is 10.9. The van der Waals surface area contributed by atoms with Crippen molar-refractivity contribution in [3.05, 3.63) is 65.7 Å². The standard InChI is InChI=1S/C23H32N4O3S/c1-19(2)25-31(29,30)22-10-6-9-21(15-22)16-24-23(28)18-27-13-11-26(12-14-27)17-20-7-4-3-5-8-20/h3-10,15,19,25H,11-14,16-18H2,1-2H3,(H,24,28). The number of carbonyl (C=O) groups excluding carboxylic acids is 1. The predicted molar refractivity (Wildman–Crippen MR) is 122 cm³/mol. The third-order valence-electron chi connectivity index (χ3n) is 5.17. The van der Waals surface area contributed by atoms with E-state index >= 15 is 0 Å². The zero-order valence-corrected chi connectivity index (χ0v) is 19.1. The van der Waals surface area contributed by atoms with E-state index in [1.807, 2.05) is 12.1 Å². The number of rotatable bonds is 9. The minimum atomic E-state index is -3.55. The van der Waals surface area contributed by atoms with Gasteiger partial charge in [-0.1, -0.05) is 42.5 Å². The van der Waals surface area contributed by atoms with Crippen molar-refractivity contribution >= 4 is 15.9 Å². The first kappa shape index (κ1) is 23.4. The molecule has 1 amide bonds. The van der Waals surface area contributed by atoms with Gasteiger partial charge < -0.3 is 5.32 Å². The van der Waals surface area contributed by atoms with E-state index in [9.17, 15) is 13.2 Å². The number of hydrogen-bond acceptors (Lipinski definition) is 5. The van der Waals surface area contributed by atoms with E-state index in [1.165, 1.54) is 5.56 Å². The maximum Gasteiger partial charge on any atom is 0.240 e. The number of nitrogens with one attached hydrogen (secondary N) is 2. The van der Waals surface area contributed by atoms with Gasteiger partial charge in [-0.2, -0.15) is 0 Å². The predicted octanol–water partition coefficient (Wildman–Crippen LogP) is 1.81. The van der Waals surface area contributed by atoms with Crippen LogP contribution in [0.25, 0.3) is 0 Å². The van der Waals surface area contributed by atoms with Crippen LogP contribution in [0.15, 0.2) is 59.5 Å². The van der Waals surface area contributed by atoms with Gasteiger partial charge in [0.2, 0.25) is 15.9 Å². The third-order valence-corrected chi connectivity index (χ3v) is 6.83. The summed E-state index contributed by atoms with van der Waals surface area (Å²) < 4.78 is 27.2. The Labute approximate surface area is 185 Å². The van der Waals surface area contributed by atoms with Crippen LogP contribution in [0.2, 0.25) is 0 Å². The molecule has 2 N–H and O–H groups in total. The molecule has 1 aliphatic rings. The molecular weight excluding hydrogens is 412 g/mol. The molecule has 0 spiro atoms. The Morgan fingerprint density at radius 2 is 1.58 bits per heavy atom.